The summed E-state index contributed by atoms with van der Waals surface area (Å²) >= 11 is 1.23. The smallest absolute Gasteiger partial charge is 0.261 e. The lowest BCUT2D eigenvalue weighted by Crippen LogP contribution is -2.15. The van der Waals surface area contributed by atoms with E-state index >= 15 is 0 Å². The molecular formula is C22H18N4O4S2. The molecule has 4 rings (SSSR count). The number of ether oxygens (including phenoxy) is 1. The third kappa shape index (κ3) is 4.93. The summed E-state index contributed by atoms with van der Waals surface area (Å²) in [4.78, 5) is 12.8. The Morgan fingerprint density at radius 2 is 1.69 bits per heavy atom. The van der Waals surface area contributed by atoms with E-state index in [1.165, 1.54) is 29.5 Å². The summed E-state index contributed by atoms with van der Waals surface area (Å²) in [6.45, 7) is 0. The molecule has 0 saturated carbocycles. The van der Waals surface area contributed by atoms with E-state index < -0.39 is 15.9 Å². The number of hydrogen-bond acceptors (Lipinski definition) is 7. The van der Waals surface area contributed by atoms with Gasteiger partial charge < -0.3 is 4.74 Å². The van der Waals surface area contributed by atoms with Crippen molar-refractivity contribution in [3.8, 4) is 16.3 Å². The first-order valence-electron chi connectivity index (χ1n) is 9.42. The van der Waals surface area contributed by atoms with Crippen molar-refractivity contribution in [3.05, 3.63) is 84.4 Å². The number of benzene rings is 3. The normalized spacial score (nSPS) is 11.0. The average Bonchev–Trinajstić information content (AvgIpc) is 3.28. The van der Waals surface area contributed by atoms with Crippen LogP contribution in [-0.2, 0) is 10.0 Å². The summed E-state index contributed by atoms with van der Waals surface area (Å²) in [5.41, 5.74) is 1.40. The summed E-state index contributed by atoms with van der Waals surface area (Å²) in [5, 5.41) is 11.8. The molecule has 0 unspecified atom stereocenters. The van der Waals surface area contributed by atoms with Gasteiger partial charge in [0.2, 0.25) is 5.13 Å². The molecule has 0 spiro atoms. The molecule has 4 aromatic rings. The first kappa shape index (κ1) is 21.5. The summed E-state index contributed by atoms with van der Waals surface area (Å²) in [7, 11) is -2.17. The molecule has 8 nitrogen and oxygen atoms in total. The van der Waals surface area contributed by atoms with E-state index in [-0.39, 0.29) is 16.1 Å². The highest BCUT2D eigenvalue weighted by molar-refractivity contribution is 7.92. The standard InChI is InChI=1S/C22H18N4O4S2/c1-30-18-12-10-15(11-13-18)21-24-25-22(31-21)23-20(27)16-6-5-7-17(14-16)26-32(28,29)19-8-3-2-4-9-19/h2-14,26H,1H3,(H,23,25,27). The molecule has 0 aliphatic rings. The second kappa shape index (κ2) is 9.16. The SMILES string of the molecule is COc1ccc(-c2nnc(NC(=O)c3cccc(NS(=O)(=O)c4ccccc4)c3)s2)cc1. The van der Waals surface area contributed by atoms with Crippen LogP contribution in [0.3, 0.4) is 0 Å². The van der Waals surface area contributed by atoms with Gasteiger partial charge in [-0.05, 0) is 54.6 Å². The molecule has 0 fully saturated rings. The zero-order valence-corrected chi connectivity index (χ0v) is 18.5. The molecule has 1 heterocycles. The molecule has 0 saturated heterocycles. The van der Waals surface area contributed by atoms with Crippen molar-refractivity contribution in [2.45, 2.75) is 4.90 Å². The summed E-state index contributed by atoms with van der Waals surface area (Å²) in [5.74, 6) is 0.303. The van der Waals surface area contributed by atoms with E-state index in [0.29, 0.717) is 10.1 Å². The lowest BCUT2D eigenvalue weighted by atomic mass is 10.2. The molecule has 0 aliphatic heterocycles. The molecule has 3 aromatic carbocycles. The lowest BCUT2D eigenvalue weighted by molar-refractivity contribution is 0.102. The van der Waals surface area contributed by atoms with Gasteiger partial charge in [-0.25, -0.2) is 8.42 Å². The number of carbonyl (C=O) groups excluding carboxylic acids is 1. The van der Waals surface area contributed by atoms with Crippen LogP contribution in [0.4, 0.5) is 10.8 Å². The number of nitrogens with one attached hydrogen (secondary N) is 2. The quantitative estimate of drug-likeness (QED) is 0.421. The third-order valence-electron chi connectivity index (χ3n) is 4.41. The van der Waals surface area contributed by atoms with Gasteiger partial charge in [-0.15, -0.1) is 10.2 Å². The molecule has 1 aromatic heterocycles. The van der Waals surface area contributed by atoms with Gasteiger partial charge in [0.1, 0.15) is 10.8 Å². The first-order valence-corrected chi connectivity index (χ1v) is 11.7. The fourth-order valence-electron chi connectivity index (χ4n) is 2.83. The fraction of sp³-hybridized carbons (Fsp3) is 0.0455. The zero-order chi connectivity index (χ0) is 22.6. The second-order valence-corrected chi connectivity index (χ2v) is 9.25. The minimum Gasteiger partial charge on any atom is -0.497 e. The Balaban J connectivity index is 1.47. The van der Waals surface area contributed by atoms with Gasteiger partial charge in [0, 0.05) is 16.8 Å². The zero-order valence-electron chi connectivity index (χ0n) is 16.8. The number of hydrogen-bond donors (Lipinski definition) is 2. The number of rotatable bonds is 7. The Morgan fingerprint density at radius 3 is 2.41 bits per heavy atom. The maximum atomic E-state index is 12.7. The van der Waals surface area contributed by atoms with Gasteiger partial charge in [-0.3, -0.25) is 14.8 Å². The summed E-state index contributed by atoms with van der Waals surface area (Å²) < 4.78 is 32.7. The number of methoxy groups -OCH3 is 1. The van der Waals surface area contributed by atoms with Crippen molar-refractivity contribution in [1.82, 2.24) is 10.2 Å². The predicted molar refractivity (Wildman–Crippen MR) is 124 cm³/mol. The van der Waals surface area contributed by atoms with Crippen LogP contribution in [-0.4, -0.2) is 31.6 Å². The highest BCUT2D eigenvalue weighted by Crippen LogP contribution is 2.28. The Hall–Kier alpha value is -3.76. The van der Waals surface area contributed by atoms with Gasteiger partial charge in [0.15, 0.2) is 0 Å². The molecule has 0 atom stereocenters. The number of anilines is 2. The van der Waals surface area contributed by atoms with Gasteiger partial charge in [-0.2, -0.15) is 0 Å². The predicted octanol–water partition coefficient (Wildman–Crippen LogP) is 4.27. The van der Waals surface area contributed by atoms with Crippen LogP contribution in [0.5, 0.6) is 5.75 Å². The van der Waals surface area contributed by atoms with E-state index in [9.17, 15) is 13.2 Å². The van der Waals surface area contributed by atoms with Gasteiger partial charge in [-0.1, -0.05) is 35.6 Å². The van der Waals surface area contributed by atoms with Crippen LogP contribution < -0.4 is 14.8 Å². The number of sulfonamides is 1. The number of amides is 1. The molecule has 32 heavy (non-hydrogen) atoms. The van der Waals surface area contributed by atoms with Crippen molar-refractivity contribution < 1.29 is 17.9 Å². The minimum absolute atomic E-state index is 0.134. The maximum Gasteiger partial charge on any atom is 0.261 e. The summed E-state index contributed by atoms with van der Waals surface area (Å²) in [6.07, 6.45) is 0. The Morgan fingerprint density at radius 1 is 0.938 bits per heavy atom. The minimum atomic E-state index is -3.76. The Labute approximate surface area is 189 Å². The van der Waals surface area contributed by atoms with E-state index in [2.05, 4.69) is 20.2 Å². The molecule has 0 aliphatic carbocycles. The second-order valence-electron chi connectivity index (χ2n) is 6.59. The Kier molecular flexibility index (Phi) is 6.15. The maximum absolute atomic E-state index is 12.7. The lowest BCUT2D eigenvalue weighted by Gasteiger charge is -2.09. The monoisotopic (exact) mass is 466 g/mol. The highest BCUT2D eigenvalue weighted by atomic mass is 32.2. The molecule has 0 bridgehead atoms. The summed E-state index contributed by atoms with van der Waals surface area (Å²) in [6, 6.07) is 21.6. The van der Waals surface area contributed by atoms with Crippen LogP contribution in [0.2, 0.25) is 0 Å². The largest absolute Gasteiger partial charge is 0.497 e. The van der Waals surface area contributed by atoms with E-state index in [1.807, 2.05) is 24.3 Å². The highest BCUT2D eigenvalue weighted by Gasteiger charge is 2.16. The van der Waals surface area contributed by atoms with Crippen LogP contribution in [0.15, 0.2) is 83.8 Å². The molecule has 1 amide bonds. The van der Waals surface area contributed by atoms with E-state index in [4.69, 9.17) is 4.74 Å². The number of aromatic nitrogens is 2. The van der Waals surface area contributed by atoms with Crippen LogP contribution in [0, 0.1) is 0 Å². The van der Waals surface area contributed by atoms with Gasteiger partial charge in [0.05, 0.1) is 12.0 Å². The topological polar surface area (TPSA) is 110 Å². The van der Waals surface area contributed by atoms with Crippen molar-refractivity contribution >= 4 is 38.1 Å². The number of carbonyl (C=O) groups is 1. The van der Waals surface area contributed by atoms with Crippen molar-refractivity contribution in [1.29, 1.82) is 0 Å². The van der Waals surface area contributed by atoms with Gasteiger partial charge in [0.25, 0.3) is 15.9 Å². The molecular weight excluding hydrogens is 448 g/mol. The van der Waals surface area contributed by atoms with Gasteiger partial charge >= 0.3 is 0 Å². The first-order chi connectivity index (χ1) is 15.4. The van der Waals surface area contributed by atoms with Crippen LogP contribution in [0.25, 0.3) is 10.6 Å². The van der Waals surface area contributed by atoms with Crippen molar-refractivity contribution in [2.24, 2.45) is 0 Å². The number of nitrogens with zero attached hydrogens (tertiary/aromatic N) is 2. The molecule has 0 radical (unpaired) electrons. The van der Waals surface area contributed by atoms with Crippen molar-refractivity contribution in [2.75, 3.05) is 17.1 Å². The molecule has 162 valence electrons. The van der Waals surface area contributed by atoms with Crippen molar-refractivity contribution in [3.63, 3.8) is 0 Å². The van der Waals surface area contributed by atoms with Crippen LogP contribution in [0.1, 0.15) is 10.4 Å². The fourth-order valence-corrected chi connectivity index (χ4v) is 4.65. The molecule has 10 heteroatoms. The average molecular weight is 467 g/mol. The van der Waals surface area contributed by atoms with E-state index in [0.717, 1.165) is 11.3 Å². The Bertz CT molecular complexity index is 1340. The molecule has 2 N–H and O–H groups in total. The van der Waals surface area contributed by atoms with Crippen LogP contribution >= 0.6 is 11.3 Å². The third-order valence-corrected chi connectivity index (χ3v) is 6.70. The van der Waals surface area contributed by atoms with E-state index in [1.54, 1.807) is 43.5 Å².